The molecule has 0 aliphatic rings. The minimum atomic E-state index is 0.399. The zero-order valence-electron chi connectivity index (χ0n) is 16.2. The van der Waals surface area contributed by atoms with E-state index in [0.29, 0.717) is 9.52 Å². The fourth-order valence-electron chi connectivity index (χ4n) is 4.09. The molecule has 0 bridgehead atoms. The number of hydrogen-bond donors (Lipinski definition) is 0. The maximum Gasteiger partial charge on any atom is 0.200 e. The van der Waals surface area contributed by atoms with Crippen molar-refractivity contribution in [1.29, 1.82) is 0 Å². The third kappa shape index (κ3) is 2.91. The molecular weight excluding hydrogens is 382 g/mol. The molecule has 6 rings (SSSR count). The summed E-state index contributed by atoms with van der Waals surface area (Å²) in [6, 6.07) is 36.3. The second-order valence-electron chi connectivity index (χ2n) is 7.38. The maximum atomic E-state index is 5.90. The first-order valence-corrected chi connectivity index (χ1v) is 11.0. The van der Waals surface area contributed by atoms with Gasteiger partial charge < -0.3 is 4.42 Å². The van der Waals surface area contributed by atoms with Gasteiger partial charge in [-0.3, -0.25) is 0 Å². The van der Waals surface area contributed by atoms with E-state index in [0.717, 1.165) is 16.6 Å². The highest BCUT2D eigenvalue weighted by Crippen LogP contribution is 2.35. The smallest absolute Gasteiger partial charge is 0.200 e. The normalized spacial score (nSPS) is 11.5. The molecule has 30 heavy (non-hydrogen) atoms. The summed E-state index contributed by atoms with van der Waals surface area (Å²) in [6.45, 7) is 0. The fraction of sp³-hybridized carbons (Fsp3) is 0. The average molecular weight is 400 g/mol. The molecule has 0 spiro atoms. The number of rotatable bonds is 3. The molecule has 1 heterocycles. The van der Waals surface area contributed by atoms with Crippen LogP contribution in [-0.2, 0) is 0 Å². The summed E-state index contributed by atoms with van der Waals surface area (Å²) in [5.41, 5.74) is 5.06. The maximum absolute atomic E-state index is 5.90. The van der Waals surface area contributed by atoms with Crippen LogP contribution >= 0.6 is 0 Å². The minimum absolute atomic E-state index is 0.399. The number of nitrogens with zero attached hydrogens (tertiary/aromatic N) is 1. The molecule has 0 fully saturated rings. The molecular formula is C27H17NOSi. The molecule has 0 amide bonds. The summed E-state index contributed by atoms with van der Waals surface area (Å²) in [5, 5.41) is 6.32. The topological polar surface area (TPSA) is 26.0 Å². The standard InChI is InChI=1S/C27H17NOSi/c1-3-9-22-19(7-1)17-20-8-2-4-10-23(20)26(22)18-13-15-21(16-14-18)30-27-28-24-11-5-6-12-25(24)29-27/h1-17H. The van der Waals surface area contributed by atoms with Crippen molar-refractivity contribution in [3.8, 4) is 11.1 Å². The molecule has 2 nitrogen and oxygen atoms in total. The second-order valence-corrected chi connectivity index (χ2v) is 8.64. The Hall–Kier alpha value is -3.69. The van der Waals surface area contributed by atoms with Gasteiger partial charge in [0.25, 0.3) is 0 Å². The molecule has 0 aliphatic carbocycles. The summed E-state index contributed by atoms with van der Waals surface area (Å²) in [5.74, 6) is 0. The Labute approximate surface area is 176 Å². The molecule has 0 atom stereocenters. The van der Waals surface area contributed by atoms with E-state index in [-0.39, 0.29) is 0 Å². The monoisotopic (exact) mass is 399 g/mol. The lowest BCUT2D eigenvalue weighted by Crippen LogP contribution is -2.27. The lowest BCUT2D eigenvalue weighted by atomic mass is 9.92. The van der Waals surface area contributed by atoms with Crippen molar-refractivity contribution in [2.45, 2.75) is 0 Å². The molecule has 2 radical (unpaired) electrons. The average Bonchev–Trinajstić information content (AvgIpc) is 3.20. The van der Waals surface area contributed by atoms with Crippen molar-refractivity contribution >= 4 is 52.9 Å². The zero-order chi connectivity index (χ0) is 19.9. The molecule has 6 aromatic rings. The quantitative estimate of drug-likeness (QED) is 0.292. The van der Waals surface area contributed by atoms with Crippen molar-refractivity contribution in [1.82, 2.24) is 4.98 Å². The van der Waals surface area contributed by atoms with Crippen LogP contribution in [-0.4, -0.2) is 14.5 Å². The van der Waals surface area contributed by atoms with Crippen LogP contribution in [0.3, 0.4) is 0 Å². The Morgan fingerprint density at radius 3 is 1.97 bits per heavy atom. The Morgan fingerprint density at radius 2 is 1.27 bits per heavy atom. The van der Waals surface area contributed by atoms with Gasteiger partial charge in [0.05, 0.1) is 0 Å². The molecule has 1 aromatic heterocycles. The van der Waals surface area contributed by atoms with Gasteiger partial charge in [-0.1, -0.05) is 90.1 Å². The molecule has 140 valence electrons. The van der Waals surface area contributed by atoms with Gasteiger partial charge in [-0.2, -0.15) is 0 Å². The van der Waals surface area contributed by atoms with Crippen molar-refractivity contribution in [2.24, 2.45) is 0 Å². The van der Waals surface area contributed by atoms with E-state index in [1.54, 1.807) is 0 Å². The first-order valence-electron chi connectivity index (χ1n) is 9.99. The molecule has 0 saturated carbocycles. The van der Waals surface area contributed by atoms with Gasteiger partial charge in [-0.05, 0) is 50.9 Å². The number of aromatic nitrogens is 1. The van der Waals surface area contributed by atoms with Gasteiger partial charge in [0, 0.05) is 0 Å². The minimum Gasteiger partial charge on any atom is -0.446 e. The van der Waals surface area contributed by atoms with E-state index in [2.05, 4.69) is 83.8 Å². The van der Waals surface area contributed by atoms with Crippen molar-refractivity contribution in [3.05, 3.63) is 103 Å². The number of benzene rings is 5. The summed E-state index contributed by atoms with van der Waals surface area (Å²) < 4.78 is 5.90. The van der Waals surface area contributed by atoms with Crippen LogP contribution in [0.1, 0.15) is 0 Å². The van der Waals surface area contributed by atoms with Crippen molar-refractivity contribution in [3.63, 3.8) is 0 Å². The van der Waals surface area contributed by atoms with Gasteiger partial charge in [0.2, 0.25) is 0 Å². The van der Waals surface area contributed by atoms with Crippen molar-refractivity contribution in [2.75, 3.05) is 0 Å². The highest BCUT2D eigenvalue weighted by Gasteiger charge is 2.11. The zero-order valence-corrected chi connectivity index (χ0v) is 17.2. The van der Waals surface area contributed by atoms with E-state index >= 15 is 0 Å². The highest BCUT2D eigenvalue weighted by atomic mass is 28.2. The Balaban J connectivity index is 1.43. The summed E-state index contributed by atoms with van der Waals surface area (Å²) >= 11 is 0. The number of fused-ring (bicyclic) bond motifs is 3. The van der Waals surface area contributed by atoms with E-state index < -0.39 is 0 Å². The van der Waals surface area contributed by atoms with Crippen LogP contribution in [0, 0.1) is 0 Å². The van der Waals surface area contributed by atoms with Gasteiger partial charge in [-0.25, -0.2) is 4.98 Å². The van der Waals surface area contributed by atoms with E-state index in [1.807, 2.05) is 24.3 Å². The SMILES string of the molecule is c1ccc2c(-c3ccc([Si]c4nc5ccccc5o4)cc3)c3ccccc3cc2c1. The fourth-order valence-corrected chi connectivity index (χ4v) is 5.01. The lowest BCUT2D eigenvalue weighted by Gasteiger charge is -2.12. The Morgan fingerprint density at radius 1 is 0.633 bits per heavy atom. The molecule has 0 saturated heterocycles. The van der Waals surface area contributed by atoms with Gasteiger partial charge in [-0.15, -0.1) is 0 Å². The lowest BCUT2D eigenvalue weighted by molar-refractivity contribution is 0.643. The largest absolute Gasteiger partial charge is 0.446 e. The van der Waals surface area contributed by atoms with E-state index in [9.17, 15) is 0 Å². The molecule has 0 N–H and O–H groups in total. The first-order chi connectivity index (χ1) is 14.8. The Kier molecular flexibility index (Phi) is 4.00. The second kappa shape index (κ2) is 6.97. The highest BCUT2D eigenvalue weighted by molar-refractivity contribution is 6.65. The first kappa shape index (κ1) is 17.2. The van der Waals surface area contributed by atoms with Crippen molar-refractivity contribution < 1.29 is 4.42 Å². The van der Waals surface area contributed by atoms with E-state index in [1.165, 1.54) is 37.9 Å². The third-order valence-corrected chi connectivity index (χ3v) is 6.54. The van der Waals surface area contributed by atoms with Gasteiger partial charge >= 0.3 is 0 Å². The van der Waals surface area contributed by atoms with Crippen LogP contribution in [0.25, 0.3) is 43.8 Å². The molecule has 3 heteroatoms. The van der Waals surface area contributed by atoms with Crippen LogP contribution in [0.5, 0.6) is 0 Å². The van der Waals surface area contributed by atoms with Gasteiger partial charge in [0.1, 0.15) is 5.52 Å². The summed E-state index contributed by atoms with van der Waals surface area (Å²) in [7, 11) is 0.399. The molecule has 0 aliphatic heterocycles. The predicted molar refractivity (Wildman–Crippen MR) is 126 cm³/mol. The van der Waals surface area contributed by atoms with Crippen LogP contribution in [0.15, 0.2) is 108 Å². The van der Waals surface area contributed by atoms with Crippen LogP contribution in [0.4, 0.5) is 0 Å². The molecule has 0 unspecified atom stereocenters. The van der Waals surface area contributed by atoms with E-state index in [4.69, 9.17) is 4.42 Å². The predicted octanol–water partition coefficient (Wildman–Crippen LogP) is 5.46. The van der Waals surface area contributed by atoms with Crippen LogP contribution < -0.4 is 10.7 Å². The summed E-state index contributed by atoms with van der Waals surface area (Å²) in [4.78, 5) is 4.62. The van der Waals surface area contributed by atoms with Crippen LogP contribution in [0.2, 0.25) is 0 Å². The number of oxazole rings is 1. The Bertz CT molecular complexity index is 1430. The molecule has 5 aromatic carbocycles. The number of para-hydroxylation sites is 2. The number of hydrogen-bond acceptors (Lipinski definition) is 2. The summed E-state index contributed by atoms with van der Waals surface area (Å²) in [6.07, 6.45) is 0. The van der Waals surface area contributed by atoms with Gasteiger partial charge in [0.15, 0.2) is 20.6 Å². The third-order valence-electron chi connectivity index (χ3n) is 5.49.